The molecule has 3 heterocycles. The first-order chi connectivity index (χ1) is 18.1. The number of fused-ring (bicyclic) bond motifs is 1. The third kappa shape index (κ3) is 6.19. The van der Waals surface area contributed by atoms with Crippen molar-refractivity contribution in [1.82, 2.24) is 19.9 Å². The van der Waals surface area contributed by atoms with Crippen LogP contribution in [0.1, 0.15) is 11.3 Å². The second kappa shape index (κ2) is 11.3. The largest absolute Gasteiger partial charge is 0.395 e. The van der Waals surface area contributed by atoms with Crippen molar-refractivity contribution in [2.24, 2.45) is 0 Å². The lowest BCUT2D eigenvalue weighted by Gasteiger charge is -2.34. The number of pyridine rings is 1. The average molecular weight is 498 g/mol. The minimum Gasteiger partial charge on any atom is -0.395 e. The number of nitrogens with one attached hydrogen (secondary N) is 2. The Kier molecular flexibility index (Phi) is 7.53. The van der Waals surface area contributed by atoms with E-state index >= 15 is 0 Å². The highest BCUT2D eigenvalue weighted by Gasteiger charge is 2.19. The molecule has 0 spiro atoms. The van der Waals surface area contributed by atoms with Gasteiger partial charge in [-0.1, -0.05) is 18.2 Å². The zero-order valence-corrected chi connectivity index (χ0v) is 20.9. The molecule has 0 saturated carbocycles. The Labute approximate surface area is 216 Å². The lowest BCUT2D eigenvalue weighted by molar-refractivity contribution is -0.115. The first-order valence-corrected chi connectivity index (χ1v) is 12.5. The molecule has 0 bridgehead atoms. The van der Waals surface area contributed by atoms with Crippen LogP contribution in [0.15, 0.2) is 66.9 Å². The molecule has 0 unspecified atom stereocenters. The van der Waals surface area contributed by atoms with Gasteiger partial charge in [0.15, 0.2) is 0 Å². The number of hydrogen-bond acceptors (Lipinski definition) is 8. The minimum absolute atomic E-state index is 0.0767. The van der Waals surface area contributed by atoms with Gasteiger partial charge in [0.05, 0.1) is 18.5 Å². The number of amides is 1. The Morgan fingerprint density at radius 3 is 2.51 bits per heavy atom. The Morgan fingerprint density at radius 1 is 0.973 bits per heavy atom. The molecule has 0 atom stereocenters. The number of aliphatic hydroxyl groups excluding tert-OH is 1. The number of para-hydroxylation sites is 1. The molecule has 190 valence electrons. The monoisotopic (exact) mass is 497 g/mol. The van der Waals surface area contributed by atoms with Gasteiger partial charge in [-0.25, -0.2) is 4.98 Å². The Balaban J connectivity index is 1.20. The highest BCUT2D eigenvalue weighted by molar-refractivity contribution is 5.95. The van der Waals surface area contributed by atoms with Gasteiger partial charge in [0, 0.05) is 67.4 Å². The number of carbonyl (C=O) groups excluding carboxylic acids is 1. The highest BCUT2D eigenvalue weighted by Crippen LogP contribution is 2.22. The van der Waals surface area contributed by atoms with Gasteiger partial charge < -0.3 is 20.6 Å². The van der Waals surface area contributed by atoms with E-state index in [1.165, 1.54) is 0 Å². The van der Waals surface area contributed by atoms with Crippen molar-refractivity contribution in [2.75, 3.05) is 54.9 Å². The first kappa shape index (κ1) is 24.6. The first-order valence-electron chi connectivity index (χ1n) is 12.5. The molecule has 4 aromatic rings. The van der Waals surface area contributed by atoms with Crippen LogP contribution in [0.5, 0.6) is 0 Å². The fourth-order valence-electron chi connectivity index (χ4n) is 4.54. The van der Waals surface area contributed by atoms with Gasteiger partial charge in [0.2, 0.25) is 11.9 Å². The van der Waals surface area contributed by atoms with Crippen LogP contribution in [-0.4, -0.2) is 70.2 Å². The van der Waals surface area contributed by atoms with E-state index in [0.717, 1.165) is 65.5 Å². The van der Waals surface area contributed by atoms with Gasteiger partial charge in [-0.2, -0.15) is 4.98 Å². The van der Waals surface area contributed by atoms with Crippen LogP contribution in [-0.2, 0) is 11.2 Å². The van der Waals surface area contributed by atoms with Crippen LogP contribution in [0.25, 0.3) is 10.9 Å². The van der Waals surface area contributed by atoms with E-state index in [-0.39, 0.29) is 18.9 Å². The Hall–Kier alpha value is -4.08. The number of hydrogen-bond donors (Lipinski definition) is 3. The molecule has 2 aromatic heterocycles. The molecule has 0 aliphatic carbocycles. The smallest absolute Gasteiger partial charge is 0.228 e. The van der Waals surface area contributed by atoms with E-state index in [1.54, 1.807) is 6.20 Å². The summed E-state index contributed by atoms with van der Waals surface area (Å²) in [5, 5.41) is 16.5. The van der Waals surface area contributed by atoms with Crippen LogP contribution >= 0.6 is 0 Å². The van der Waals surface area contributed by atoms with E-state index in [4.69, 9.17) is 10.1 Å². The van der Waals surface area contributed by atoms with Crippen LogP contribution in [0.4, 0.5) is 23.1 Å². The van der Waals surface area contributed by atoms with Gasteiger partial charge in [-0.15, -0.1) is 0 Å². The molecule has 1 fully saturated rings. The van der Waals surface area contributed by atoms with Gasteiger partial charge in [-0.05, 0) is 48.9 Å². The number of aliphatic hydroxyl groups is 1. The zero-order chi connectivity index (χ0) is 25.6. The number of anilines is 4. The van der Waals surface area contributed by atoms with Crippen molar-refractivity contribution in [3.8, 4) is 0 Å². The number of carbonyl (C=O) groups is 1. The fraction of sp³-hybridized carbons (Fsp3) is 0.286. The third-order valence-corrected chi connectivity index (χ3v) is 6.45. The summed E-state index contributed by atoms with van der Waals surface area (Å²) in [5.41, 5.74) is 4.32. The molecule has 9 heteroatoms. The molecule has 1 amide bonds. The van der Waals surface area contributed by atoms with Crippen molar-refractivity contribution >= 4 is 40.0 Å². The SMILES string of the molecule is Cc1cc(Nc2ccc(NC(=O)Cc3ccnc4ccccc34)cc2)nc(N2CCN(CCO)CC2)n1. The lowest BCUT2D eigenvalue weighted by Crippen LogP contribution is -2.47. The van der Waals surface area contributed by atoms with Gasteiger partial charge >= 0.3 is 0 Å². The summed E-state index contributed by atoms with van der Waals surface area (Å²) < 4.78 is 0. The molecule has 1 saturated heterocycles. The quantitative estimate of drug-likeness (QED) is 0.340. The number of benzene rings is 2. The molecule has 1 aliphatic rings. The van der Waals surface area contributed by atoms with Gasteiger partial charge in [0.25, 0.3) is 0 Å². The molecule has 0 radical (unpaired) electrons. The molecule has 9 nitrogen and oxygen atoms in total. The number of aryl methyl sites for hydroxylation is 1. The second-order valence-corrected chi connectivity index (χ2v) is 9.16. The maximum atomic E-state index is 12.7. The predicted molar refractivity (Wildman–Crippen MR) is 146 cm³/mol. The number of β-amino-alcohol motifs (C(OH)–C–C–N with tert-alkyl or cyclic N) is 1. The summed E-state index contributed by atoms with van der Waals surface area (Å²) in [6, 6.07) is 19.2. The minimum atomic E-state index is -0.0767. The summed E-state index contributed by atoms with van der Waals surface area (Å²) >= 11 is 0. The van der Waals surface area contributed by atoms with Crippen molar-refractivity contribution < 1.29 is 9.90 Å². The van der Waals surface area contributed by atoms with Crippen LogP contribution in [0.3, 0.4) is 0 Å². The molecular formula is C28H31N7O2. The van der Waals surface area contributed by atoms with Crippen molar-refractivity contribution in [1.29, 1.82) is 0 Å². The zero-order valence-electron chi connectivity index (χ0n) is 20.9. The second-order valence-electron chi connectivity index (χ2n) is 9.16. The third-order valence-electron chi connectivity index (χ3n) is 6.45. The molecule has 1 aliphatic heterocycles. The predicted octanol–water partition coefficient (Wildman–Crippen LogP) is 3.37. The fourth-order valence-corrected chi connectivity index (χ4v) is 4.54. The summed E-state index contributed by atoms with van der Waals surface area (Å²) in [7, 11) is 0. The van der Waals surface area contributed by atoms with Crippen molar-refractivity contribution in [2.45, 2.75) is 13.3 Å². The topological polar surface area (TPSA) is 107 Å². The number of nitrogens with zero attached hydrogens (tertiary/aromatic N) is 5. The standard InChI is InChI=1S/C28H31N7O2/c1-20-18-26(33-28(30-20)35-14-12-34(13-15-35)16-17-36)31-22-6-8-23(9-7-22)32-27(37)19-21-10-11-29-25-5-3-2-4-24(21)25/h2-11,18,36H,12-17,19H2,1H3,(H,32,37)(H,30,31,33). The van der Waals surface area contributed by atoms with Gasteiger partial charge in [-0.3, -0.25) is 14.7 Å². The van der Waals surface area contributed by atoms with E-state index in [9.17, 15) is 4.79 Å². The number of aromatic nitrogens is 3. The van der Waals surface area contributed by atoms with Crippen LogP contribution in [0, 0.1) is 6.92 Å². The molecule has 37 heavy (non-hydrogen) atoms. The normalized spacial score (nSPS) is 14.1. The van der Waals surface area contributed by atoms with E-state index in [2.05, 4.69) is 30.4 Å². The molecule has 2 aromatic carbocycles. The van der Waals surface area contributed by atoms with Crippen LogP contribution in [0.2, 0.25) is 0 Å². The number of piperazine rings is 1. The van der Waals surface area contributed by atoms with E-state index < -0.39 is 0 Å². The summed E-state index contributed by atoms with van der Waals surface area (Å²) in [6.07, 6.45) is 2.02. The molecular weight excluding hydrogens is 466 g/mol. The van der Waals surface area contributed by atoms with Crippen LogP contribution < -0.4 is 15.5 Å². The maximum Gasteiger partial charge on any atom is 0.228 e. The highest BCUT2D eigenvalue weighted by atomic mass is 16.3. The van der Waals surface area contributed by atoms with Gasteiger partial charge in [0.1, 0.15) is 5.82 Å². The number of rotatable bonds is 8. The Bertz CT molecular complexity index is 1360. The molecule has 5 rings (SSSR count). The van der Waals surface area contributed by atoms with E-state index in [1.807, 2.05) is 67.6 Å². The van der Waals surface area contributed by atoms with Crippen molar-refractivity contribution in [3.05, 3.63) is 78.1 Å². The Morgan fingerprint density at radius 2 is 1.73 bits per heavy atom. The summed E-state index contributed by atoms with van der Waals surface area (Å²) in [4.78, 5) is 30.8. The van der Waals surface area contributed by atoms with Crippen molar-refractivity contribution in [3.63, 3.8) is 0 Å². The molecule has 3 N–H and O–H groups in total. The van der Waals surface area contributed by atoms with E-state index in [0.29, 0.717) is 12.5 Å². The maximum absolute atomic E-state index is 12.7. The summed E-state index contributed by atoms with van der Waals surface area (Å²) in [6.45, 7) is 6.25. The summed E-state index contributed by atoms with van der Waals surface area (Å²) in [5.74, 6) is 1.35. The lowest BCUT2D eigenvalue weighted by atomic mass is 10.1. The average Bonchev–Trinajstić information content (AvgIpc) is 2.90.